The van der Waals surface area contributed by atoms with Crippen molar-refractivity contribution in [2.75, 3.05) is 10.6 Å². The number of rotatable bonds is 8. The second kappa shape index (κ2) is 21.0. The maximum atomic E-state index is 7.51. The number of hydrogen-bond donors (Lipinski definition) is 1. The van der Waals surface area contributed by atoms with Crippen molar-refractivity contribution in [2.45, 2.75) is 27.7 Å². The molecule has 74 heavy (non-hydrogen) atoms. The van der Waals surface area contributed by atoms with E-state index in [1.807, 2.05) is 25.2 Å². The summed E-state index contributed by atoms with van der Waals surface area (Å²) >= 11 is 1.84. The molecule has 358 valence electrons. The molecule has 0 fully saturated rings. The lowest BCUT2D eigenvalue weighted by molar-refractivity contribution is 1.19. The first-order chi connectivity index (χ1) is 36.5. The van der Waals surface area contributed by atoms with Gasteiger partial charge in [0.2, 0.25) is 0 Å². The summed E-state index contributed by atoms with van der Waals surface area (Å²) in [7, 11) is 0. The Morgan fingerprint density at radius 1 is 0.365 bits per heavy atom. The molecular formula is C70H57N3S. The molecule has 2 heterocycles. The number of hydrogen-bond acceptors (Lipinski definition) is 3. The third-order valence-electron chi connectivity index (χ3n) is 14.0. The van der Waals surface area contributed by atoms with Gasteiger partial charge in [0.25, 0.3) is 0 Å². The predicted octanol–water partition coefficient (Wildman–Crippen LogP) is 20.2. The van der Waals surface area contributed by atoms with Crippen LogP contribution in [0.2, 0.25) is 0 Å². The molecule has 0 unspecified atom stereocenters. The van der Waals surface area contributed by atoms with E-state index in [1.54, 1.807) is 0 Å². The highest BCUT2D eigenvalue weighted by atomic mass is 32.1. The summed E-state index contributed by atoms with van der Waals surface area (Å²) in [5, 5.41) is 4.90. The average Bonchev–Trinajstić information content (AvgIpc) is 4.01. The van der Waals surface area contributed by atoms with Gasteiger partial charge >= 0.3 is 0 Å². The van der Waals surface area contributed by atoms with Gasteiger partial charge in [0.1, 0.15) is 0 Å². The van der Waals surface area contributed by atoms with Crippen LogP contribution in [0.1, 0.15) is 25.0 Å². The number of nitrogen functional groups attached to an aromatic ring is 1. The van der Waals surface area contributed by atoms with Crippen LogP contribution < -0.4 is 10.6 Å². The fourth-order valence-electron chi connectivity index (χ4n) is 10.2. The number of para-hydroxylation sites is 1. The third-order valence-corrected chi connectivity index (χ3v) is 15.2. The molecule has 2 aromatic heterocycles. The SMILES string of the molecule is CC.Cc1ccccc1C.Nc1c(-c2ccc(N(c3ccc(-c4ccccc4)cc3)c3ccc(-c4ccccc4)cc3)cc2)cc2c3ccccc3n(-c3ccc4sc5ccccc5c4c3)c2c1-c1ccccc1. The van der Waals surface area contributed by atoms with E-state index in [-0.39, 0.29) is 0 Å². The Labute approximate surface area is 438 Å². The van der Waals surface area contributed by atoms with Gasteiger partial charge in [-0.3, -0.25) is 0 Å². The number of nitrogens with two attached hydrogens (primary N) is 1. The Kier molecular flexibility index (Phi) is 13.5. The molecule has 2 N–H and O–H groups in total. The molecule has 11 aromatic carbocycles. The highest BCUT2D eigenvalue weighted by Crippen LogP contribution is 2.47. The minimum absolute atomic E-state index is 0.752. The lowest BCUT2D eigenvalue weighted by Crippen LogP contribution is -2.09. The van der Waals surface area contributed by atoms with Crippen molar-refractivity contribution in [2.24, 2.45) is 0 Å². The van der Waals surface area contributed by atoms with Crippen molar-refractivity contribution in [3.63, 3.8) is 0 Å². The van der Waals surface area contributed by atoms with E-state index in [1.165, 1.54) is 58.9 Å². The maximum Gasteiger partial charge on any atom is 0.0640 e. The first kappa shape index (κ1) is 47.4. The minimum atomic E-state index is 0.752. The topological polar surface area (TPSA) is 34.2 Å². The molecular weight excluding hydrogens is 915 g/mol. The first-order valence-corrected chi connectivity index (χ1v) is 26.3. The van der Waals surface area contributed by atoms with Crippen LogP contribution in [0.25, 0.3) is 92.2 Å². The number of aromatic nitrogens is 1. The molecule has 3 nitrogen and oxygen atoms in total. The van der Waals surface area contributed by atoms with Crippen LogP contribution in [-0.2, 0) is 0 Å². The van der Waals surface area contributed by atoms with Gasteiger partial charge in [-0.15, -0.1) is 11.3 Å². The predicted molar refractivity (Wildman–Crippen MR) is 322 cm³/mol. The van der Waals surface area contributed by atoms with Crippen molar-refractivity contribution in [3.05, 3.63) is 272 Å². The summed E-state index contributed by atoms with van der Waals surface area (Å²) in [6, 6.07) is 93.3. The van der Waals surface area contributed by atoms with Gasteiger partial charge in [-0.1, -0.05) is 202 Å². The molecule has 13 aromatic rings. The smallest absolute Gasteiger partial charge is 0.0640 e. The molecule has 0 aliphatic rings. The third kappa shape index (κ3) is 9.13. The van der Waals surface area contributed by atoms with Gasteiger partial charge < -0.3 is 15.2 Å². The summed E-state index contributed by atoms with van der Waals surface area (Å²) in [5.41, 5.74) is 26.5. The zero-order chi connectivity index (χ0) is 50.5. The fourth-order valence-corrected chi connectivity index (χ4v) is 11.3. The molecule has 13 rings (SSSR count). The van der Waals surface area contributed by atoms with E-state index >= 15 is 0 Å². The zero-order valence-electron chi connectivity index (χ0n) is 42.2. The number of nitrogens with zero attached hydrogens (tertiary/aromatic N) is 2. The first-order valence-electron chi connectivity index (χ1n) is 25.5. The summed E-state index contributed by atoms with van der Waals surface area (Å²) < 4.78 is 5.00. The molecule has 0 saturated carbocycles. The Balaban J connectivity index is 0.000000534. The lowest BCUT2D eigenvalue weighted by Gasteiger charge is -2.26. The highest BCUT2D eigenvalue weighted by molar-refractivity contribution is 7.25. The van der Waals surface area contributed by atoms with E-state index in [4.69, 9.17) is 5.73 Å². The van der Waals surface area contributed by atoms with Crippen LogP contribution in [0, 0.1) is 13.8 Å². The Bertz CT molecular complexity index is 3920. The van der Waals surface area contributed by atoms with E-state index < -0.39 is 0 Å². The van der Waals surface area contributed by atoms with E-state index in [2.05, 4.69) is 284 Å². The van der Waals surface area contributed by atoms with Gasteiger partial charge in [0.05, 0.1) is 11.0 Å². The van der Waals surface area contributed by atoms with Gasteiger partial charge in [-0.25, -0.2) is 0 Å². The number of anilines is 4. The van der Waals surface area contributed by atoms with Crippen molar-refractivity contribution < 1.29 is 0 Å². The standard InChI is InChI=1S/C60H41N3S.C8H10.C2H6/c61-59-52(44-28-34-48(35-29-44)62(46-30-24-42(25-31-46)40-14-4-1-5-15-40)47-32-26-43(27-33-47)41-16-6-2-7-17-41)39-54-50-20-10-12-22-55(50)63(60(54)58(59)45-18-8-3-9-19-45)49-36-37-57-53(38-49)51-21-11-13-23-56(51)64-57;1-7-5-3-4-6-8(7)2;1-2/h1-39H,61H2;3-6H,1-2H3;1-2H3. The normalized spacial score (nSPS) is 11.0. The molecule has 4 heteroatoms. The average molecular weight is 972 g/mol. The lowest BCUT2D eigenvalue weighted by atomic mass is 9.92. The van der Waals surface area contributed by atoms with Gasteiger partial charge in [-0.2, -0.15) is 0 Å². The number of thiophene rings is 1. The Morgan fingerprint density at radius 3 is 1.34 bits per heavy atom. The summed E-state index contributed by atoms with van der Waals surface area (Å²) in [5.74, 6) is 0. The summed E-state index contributed by atoms with van der Waals surface area (Å²) in [4.78, 5) is 2.33. The highest BCUT2D eigenvalue weighted by Gasteiger charge is 2.23. The van der Waals surface area contributed by atoms with Crippen molar-refractivity contribution >= 4 is 76.1 Å². The zero-order valence-corrected chi connectivity index (χ0v) is 43.0. The molecule has 0 amide bonds. The molecule has 0 spiro atoms. The maximum absolute atomic E-state index is 7.51. The quantitative estimate of drug-likeness (QED) is 0.154. The largest absolute Gasteiger partial charge is 0.398 e. The molecule has 0 atom stereocenters. The number of benzene rings is 11. The van der Waals surface area contributed by atoms with Crippen molar-refractivity contribution in [1.29, 1.82) is 0 Å². The van der Waals surface area contributed by atoms with Crippen LogP contribution >= 0.6 is 11.3 Å². The van der Waals surface area contributed by atoms with Gasteiger partial charge in [0, 0.05) is 70.5 Å². The second-order valence-electron chi connectivity index (χ2n) is 18.4. The second-order valence-corrected chi connectivity index (χ2v) is 19.5. The Morgan fingerprint density at radius 2 is 0.797 bits per heavy atom. The number of fused-ring (bicyclic) bond motifs is 6. The van der Waals surface area contributed by atoms with Gasteiger partial charge in [-0.05, 0) is 131 Å². The van der Waals surface area contributed by atoms with Crippen LogP contribution in [0.4, 0.5) is 22.7 Å². The van der Waals surface area contributed by atoms with Crippen LogP contribution in [0.3, 0.4) is 0 Å². The van der Waals surface area contributed by atoms with Gasteiger partial charge in [0.15, 0.2) is 0 Å². The van der Waals surface area contributed by atoms with Crippen molar-refractivity contribution in [3.8, 4) is 50.2 Å². The summed E-state index contributed by atoms with van der Waals surface area (Å²) in [6.07, 6.45) is 0. The van der Waals surface area contributed by atoms with Crippen molar-refractivity contribution in [1.82, 2.24) is 4.57 Å². The van der Waals surface area contributed by atoms with E-state index in [0.717, 1.165) is 67.1 Å². The van der Waals surface area contributed by atoms with Crippen LogP contribution in [0.15, 0.2) is 261 Å². The summed E-state index contributed by atoms with van der Waals surface area (Å²) in [6.45, 7) is 8.24. The van der Waals surface area contributed by atoms with E-state index in [9.17, 15) is 0 Å². The molecule has 0 radical (unpaired) electrons. The molecule has 0 aliphatic carbocycles. The number of aryl methyl sites for hydroxylation is 2. The van der Waals surface area contributed by atoms with Crippen LogP contribution in [0.5, 0.6) is 0 Å². The van der Waals surface area contributed by atoms with Crippen LogP contribution in [-0.4, -0.2) is 4.57 Å². The molecule has 0 bridgehead atoms. The Hall–Kier alpha value is -8.96. The molecule has 0 saturated heterocycles. The fraction of sp³-hybridized carbons (Fsp3) is 0.0571. The molecule has 0 aliphatic heterocycles. The monoisotopic (exact) mass is 971 g/mol. The minimum Gasteiger partial charge on any atom is -0.398 e. The van der Waals surface area contributed by atoms with E-state index in [0.29, 0.717) is 0 Å².